The van der Waals surface area contributed by atoms with Gasteiger partial charge in [-0.25, -0.2) is 4.98 Å². The first kappa shape index (κ1) is 8.96. The summed E-state index contributed by atoms with van der Waals surface area (Å²) in [4.78, 5) is 4.08. The zero-order valence-corrected chi connectivity index (χ0v) is 7.12. The molecule has 0 amide bonds. The topological polar surface area (TPSA) is 90.9 Å². The van der Waals surface area contributed by atoms with E-state index in [9.17, 15) is 0 Å². The summed E-state index contributed by atoms with van der Waals surface area (Å²) < 4.78 is 0. The van der Waals surface area contributed by atoms with Crippen LogP contribution in [0, 0.1) is 6.92 Å². The van der Waals surface area contributed by atoms with Gasteiger partial charge in [-0.1, -0.05) is 6.07 Å². The number of nitrogen functional groups attached to an aromatic ring is 1. The Bertz CT molecular complexity index is 272. The van der Waals surface area contributed by atoms with Crippen LogP contribution in [0.1, 0.15) is 17.3 Å². The van der Waals surface area contributed by atoms with Crippen molar-refractivity contribution in [3.05, 3.63) is 23.4 Å². The van der Waals surface area contributed by atoms with Crippen molar-refractivity contribution in [2.45, 2.75) is 13.0 Å². The molecule has 0 aliphatic heterocycles. The number of nitrogens with two attached hydrogens (primary N) is 3. The molecule has 1 aromatic heterocycles. The van der Waals surface area contributed by atoms with Gasteiger partial charge >= 0.3 is 0 Å². The van der Waals surface area contributed by atoms with Crippen molar-refractivity contribution in [2.24, 2.45) is 11.5 Å². The van der Waals surface area contributed by atoms with Crippen LogP contribution < -0.4 is 17.2 Å². The molecule has 0 aromatic carbocycles. The van der Waals surface area contributed by atoms with Crippen LogP contribution in [0.2, 0.25) is 0 Å². The summed E-state index contributed by atoms with van der Waals surface area (Å²) in [5.74, 6) is 0.514. The second-order valence-corrected chi connectivity index (χ2v) is 2.75. The van der Waals surface area contributed by atoms with Gasteiger partial charge in [-0.15, -0.1) is 0 Å². The van der Waals surface area contributed by atoms with Gasteiger partial charge in [0.05, 0.1) is 0 Å². The van der Waals surface area contributed by atoms with Crippen LogP contribution in [0.25, 0.3) is 0 Å². The van der Waals surface area contributed by atoms with E-state index in [4.69, 9.17) is 17.2 Å². The normalized spacial score (nSPS) is 12.9. The zero-order chi connectivity index (χ0) is 9.14. The van der Waals surface area contributed by atoms with E-state index in [1.807, 2.05) is 13.0 Å². The fourth-order valence-electron chi connectivity index (χ4n) is 1.11. The van der Waals surface area contributed by atoms with Crippen LogP contribution >= 0.6 is 0 Å². The summed E-state index contributed by atoms with van der Waals surface area (Å²) in [7, 11) is 0. The van der Waals surface area contributed by atoms with E-state index in [0.29, 0.717) is 12.4 Å². The molecule has 1 atom stereocenters. The van der Waals surface area contributed by atoms with Gasteiger partial charge in [0.25, 0.3) is 0 Å². The molecule has 0 saturated heterocycles. The highest BCUT2D eigenvalue weighted by molar-refractivity contribution is 5.35. The molecule has 0 saturated carbocycles. The first-order valence-electron chi connectivity index (χ1n) is 3.84. The van der Waals surface area contributed by atoms with Crippen LogP contribution in [0.15, 0.2) is 12.1 Å². The Morgan fingerprint density at radius 2 is 2.17 bits per heavy atom. The standard InChI is InChI=1S/C8H14N4/c1-5-6(7(10)4-9)2-3-8(11)12-5/h2-3,7H,4,9-10H2,1H3,(H2,11,12). The second kappa shape index (κ2) is 3.51. The third-order valence-corrected chi connectivity index (χ3v) is 1.80. The lowest BCUT2D eigenvalue weighted by Crippen LogP contribution is -2.22. The van der Waals surface area contributed by atoms with Gasteiger partial charge in [-0.3, -0.25) is 0 Å². The van der Waals surface area contributed by atoms with Crippen LogP contribution in [-0.4, -0.2) is 11.5 Å². The van der Waals surface area contributed by atoms with E-state index in [0.717, 1.165) is 11.3 Å². The van der Waals surface area contributed by atoms with Crippen molar-refractivity contribution in [1.82, 2.24) is 4.98 Å². The highest BCUT2D eigenvalue weighted by Crippen LogP contribution is 2.13. The summed E-state index contributed by atoms with van der Waals surface area (Å²) >= 11 is 0. The molecular weight excluding hydrogens is 152 g/mol. The average Bonchev–Trinajstić information content (AvgIpc) is 2.03. The van der Waals surface area contributed by atoms with E-state index in [-0.39, 0.29) is 6.04 Å². The van der Waals surface area contributed by atoms with E-state index in [1.54, 1.807) is 6.07 Å². The average molecular weight is 166 g/mol. The highest BCUT2D eigenvalue weighted by Gasteiger charge is 2.07. The lowest BCUT2D eigenvalue weighted by molar-refractivity contribution is 0.726. The molecule has 1 rings (SSSR count). The molecule has 12 heavy (non-hydrogen) atoms. The van der Waals surface area contributed by atoms with Gasteiger partial charge in [0.1, 0.15) is 5.82 Å². The molecule has 4 nitrogen and oxygen atoms in total. The number of anilines is 1. The molecule has 4 heteroatoms. The van der Waals surface area contributed by atoms with E-state index in [2.05, 4.69) is 4.98 Å². The van der Waals surface area contributed by atoms with E-state index < -0.39 is 0 Å². The first-order valence-corrected chi connectivity index (χ1v) is 3.84. The number of pyridine rings is 1. The highest BCUT2D eigenvalue weighted by atomic mass is 14.8. The predicted molar refractivity (Wildman–Crippen MR) is 49.4 cm³/mol. The molecule has 0 radical (unpaired) electrons. The van der Waals surface area contributed by atoms with Crippen LogP contribution in [0.4, 0.5) is 5.82 Å². The van der Waals surface area contributed by atoms with Crippen LogP contribution in [0.5, 0.6) is 0 Å². The van der Waals surface area contributed by atoms with Gasteiger partial charge in [-0.2, -0.15) is 0 Å². The summed E-state index contributed by atoms with van der Waals surface area (Å²) in [5.41, 5.74) is 18.5. The van der Waals surface area contributed by atoms with Crippen molar-refractivity contribution in [1.29, 1.82) is 0 Å². The van der Waals surface area contributed by atoms with E-state index in [1.165, 1.54) is 0 Å². The minimum Gasteiger partial charge on any atom is -0.384 e. The Morgan fingerprint density at radius 1 is 1.50 bits per heavy atom. The molecule has 0 fully saturated rings. The van der Waals surface area contributed by atoms with Gasteiger partial charge in [0.15, 0.2) is 0 Å². The van der Waals surface area contributed by atoms with Gasteiger partial charge in [0, 0.05) is 18.3 Å². The van der Waals surface area contributed by atoms with Gasteiger partial charge < -0.3 is 17.2 Å². The van der Waals surface area contributed by atoms with E-state index >= 15 is 0 Å². The third kappa shape index (κ3) is 1.72. The molecule has 0 bridgehead atoms. The summed E-state index contributed by atoms with van der Waals surface area (Å²) in [6.45, 7) is 2.30. The van der Waals surface area contributed by atoms with Crippen molar-refractivity contribution in [3.63, 3.8) is 0 Å². The number of hydrogen-bond acceptors (Lipinski definition) is 4. The SMILES string of the molecule is Cc1nc(N)ccc1C(N)CN. The van der Waals surface area contributed by atoms with Gasteiger partial charge in [-0.05, 0) is 18.6 Å². The lowest BCUT2D eigenvalue weighted by Gasteiger charge is -2.11. The number of aryl methyl sites for hydroxylation is 1. The molecule has 0 spiro atoms. The third-order valence-electron chi connectivity index (χ3n) is 1.80. The maximum atomic E-state index is 5.74. The quantitative estimate of drug-likeness (QED) is 0.573. The minimum absolute atomic E-state index is 0.141. The Morgan fingerprint density at radius 3 is 2.67 bits per heavy atom. The first-order chi connectivity index (χ1) is 5.65. The predicted octanol–water partition coefficient (Wildman–Crippen LogP) is -0.0693. The summed E-state index contributed by atoms with van der Waals surface area (Å²) in [5, 5.41) is 0. The van der Waals surface area contributed by atoms with Crippen LogP contribution in [0.3, 0.4) is 0 Å². The Labute approximate surface area is 71.8 Å². The summed E-state index contributed by atoms with van der Waals surface area (Å²) in [6, 6.07) is 3.46. The molecule has 1 heterocycles. The molecule has 1 unspecified atom stereocenters. The molecular formula is C8H14N4. The van der Waals surface area contributed by atoms with Crippen molar-refractivity contribution < 1.29 is 0 Å². The van der Waals surface area contributed by atoms with Crippen molar-refractivity contribution in [2.75, 3.05) is 12.3 Å². The molecule has 66 valence electrons. The van der Waals surface area contributed by atoms with Crippen molar-refractivity contribution >= 4 is 5.82 Å². The maximum absolute atomic E-state index is 5.74. The molecule has 0 aliphatic carbocycles. The number of nitrogens with zero attached hydrogens (tertiary/aromatic N) is 1. The largest absolute Gasteiger partial charge is 0.384 e. The minimum atomic E-state index is -0.141. The lowest BCUT2D eigenvalue weighted by atomic mass is 10.1. The van der Waals surface area contributed by atoms with Crippen LogP contribution in [-0.2, 0) is 0 Å². The Hall–Kier alpha value is -1.13. The molecule has 1 aromatic rings. The summed E-state index contributed by atoms with van der Waals surface area (Å²) in [6.07, 6.45) is 0. The molecule has 6 N–H and O–H groups in total. The van der Waals surface area contributed by atoms with Crippen molar-refractivity contribution in [3.8, 4) is 0 Å². The number of rotatable bonds is 2. The number of hydrogen-bond donors (Lipinski definition) is 3. The maximum Gasteiger partial charge on any atom is 0.123 e. The molecule has 0 aliphatic rings. The second-order valence-electron chi connectivity index (χ2n) is 2.75. The fourth-order valence-corrected chi connectivity index (χ4v) is 1.11. The smallest absolute Gasteiger partial charge is 0.123 e. The Balaban J connectivity index is 3.01. The fraction of sp³-hybridized carbons (Fsp3) is 0.375. The zero-order valence-electron chi connectivity index (χ0n) is 7.12. The Kier molecular flexibility index (Phi) is 2.62. The van der Waals surface area contributed by atoms with Gasteiger partial charge in [0.2, 0.25) is 0 Å². The number of aromatic nitrogens is 1. The monoisotopic (exact) mass is 166 g/mol.